The Labute approximate surface area is 184 Å². The van der Waals surface area contributed by atoms with Crippen molar-refractivity contribution in [2.75, 3.05) is 6.54 Å². The lowest BCUT2D eigenvalue weighted by Gasteiger charge is -2.24. The summed E-state index contributed by atoms with van der Waals surface area (Å²) < 4.78 is 5.43. The van der Waals surface area contributed by atoms with Crippen LogP contribution in [0.15, 0.2) is 60.7 Å². The van der Waals surface area contributed by atoms with Gasteiger partial charge >= 0.3 is 6.09 Å². The fourth-order valence-corrected chi connectivity index (χ4v) is 4.24. The summed E-state index contributed by atoms with van der Waals surface area (Å²) in [5.74, 6) is 0. The molecular weight excluding hydrogens is 412 g/mol. The first kappa shape index (κ1) is 21.7. The fraction of sp³-hybridized carbons (Fsp3) is 0.292. The molecule has 1 heterocycles. The van der Waals surface area contributed by atoms with Gasteiger partial charge in [0, 0.05) is 18.2 Å². The smallest absolute Gasteiger partial charge is 0.410 e. The van der Waals surface area contributed by atoms with Gasteiger partial charge in [0.15, 0.2) is 0 Å². The van der Waals surface area contributed by atoms with E-state index in [0.29, 0.717) is 18.4 Å². The highest BCUT2D eigenvalue weighted by molar-refractivity contribution is 5.88. The van der Waals surface area contributed by atoms with Gasteiger partial charge in [0.2, 0.25) is 0 Å². The summed E-state index contributed by atoms with van der Waals surface area (Å²) in [4.78, 5) is 24.6. The molecule has 1 fully saturated rings. The van der Waals surface area contributed by atoms with Gasteiger partial charge in [-0.3, -0.25) is 10.1 Å². The molecule has 0 spiro atoms. The molecule has 8 heteroatoms. The number of carbonyl (C=O) groups excluding carboxylic acids is 1. The number of likely N-dealkylation sites (tertiary alicyclic amines) is 1. The summed E-state index contributed by atoms with van der Waals surface area (Å²) in [6, 6.07) is 17.3. The van der Waals surface area contributed by atoms with Crippen molar-refractivity contribution in [2.24, 2.45) is 0 Å². The van der Waals surface area contributed by atoms with Gasteiger partial charge < -0.3 is 19.8 Å². The second-order valence-electron chi connectivity index (χ2n) is 7.97. The number of rotatable bonds is 6. The SMILES string of the molecule is O=C(OCc1ccc([N+](=O)[O-])cc1)N1C[C@H](O)C[C@H]1Cc1ccc(CO)c2ccccc12. The minimum absolute atomic E-state index is 0.00965. The normalized spacial score (nSPS) is 18.1. The highest BCUT2D eigenvalue weighted by Gasteiger charge is 2.35. The molecule has 3 aromatic carbocycles. The van der Waals surface area contributed by atoms with Crippen LogP contribution in [0.25, 0.3) is 10.8 Å². The van der Waals surface area contributed by atoms with Crippen LogP contribution in [0.4, 0.5) is 10.5 Å². The van der Waals surface area contributed by atoms with Crippen LogP contribution < -0.4 is 0 Å². The first-order chi connectivity index (χ1) is 15.5. The van der Waals surface area contributed by atoms with Crippen molar-refractivity contribution in [2.45, 2.75) is 38.2 Å². The molecule has 0 unspecified atom stereocenters. The maximum Gasteiger partial charge on any atom is 0.410 e. The number of non-ortho nitro benzene ring substituents is 1. The Balaban J connectivity index is 1.47. The predicted octanol–water partition coefficient (Wildman–Crippen LogP) is 3.55. The van der Waals surface area contributed by atoms with Gasteiger partial charge in [0.05, 0.1) is 24.2 Å². The van der Waals surface area contributed by atoms with E-state index in [4.69, 9.17) is 4.74 Å². The molecule has 0 aliphatic carbocycles. The van der Waals surface area contributed by atoms with Crippen molar-refractivity contribution in [3.8, 4) is 0 Å². The van der Waals surface area contributed by atoms with Crippen molar-refractivity contribution >= 4 is 22.6 Å². The zero-order chi connectivity index (χ0) is 22.7. The van der Waals surface area contributed by atoms with E-state index < -0.39 is 17.1 Å². The highest BCUT2D eigenvalue weighted by Crippen LogP contribution is 2.28. The molecule has 0 radical (unpaired) electrons. The minimum atomic E-state index is -0.630. The van der Waals surface area contributed by atoms with Crippen LogP contribution in [-0.2, 0) is 24.4 Å². The third-order valence-electron chi connectivity index (χ3n) is 5.87. The number of carbonyl (C=O) groups is 1. The van der Waals surface area contributed by atoms with Crippen molar-refractivity contribution in [1.82, 2.24) is 4.90 Å². The van der Waals surface area contributed by atoms with E-state index in [1.165, 1.54) is 12.1 Å². The van der Waals surface area contributed by atoms with Gasteiger partial charge in [0.1, 0.15) is 6.61 Å². The summed E-state index contributed by atoms with van der Waals surface area (Å²) in [6.07, 6.45) is -0.158. The number of amides is 1. The molecule has 0 saturated carbocycles. The van der Waals surface area contributed by atoms with Crippen molar-refractivity contribution in [3.63, 3.8) is 0 Å². The molecule has 8 nitrogen and oxygen atoms in total. The molecule has 3 aromatic rings. The number of aliphatic hydroxyl groups excluding tert-OH is 2. The maximum atomic E-state index is 12.8. The van der Waals surface area contributed by atoms with Crippen LogP contribution in [0.2, 0.25) is 0 Å². The number of hydrogen-bond donors (Lipinski definition) is 2. The van der Waals surface area contributed by atoms with Crippen LogP contribution in [-0.4, -0.2) is 44.8 Å². The van der Waals surface area contributed by atoms with Crippen molar-refractivity contribution < 1.29 is 24.7 Å². The van der Waals surface area contributed by atoms with E-state index in [2.05, 4.69) is 0 Å². The summed E-state index contributed by atoms with van der Waals surface area (Å²) in [5.41, 5.74) is 2.49. The number of nitro benzene ring substituents is 1. The summed E-state index contributed by atoms with van der Waals surface area (Å²) in [6.45, 7) is 0.130. The molecule has 0 aromatic heterocycles. The van der Waals surface area contributed by atoms with Crippen LogP contribution in [0.5, 0.6) is 0 Å². The molecule has 1 amide bonds. The Kier molecular flexibility index (Phi) is 6.34. The first-order valence-electron chi connectivity index (χ1n) is 10.4. The quantitative estimate of drug-likeness (QED) is 0.451. The van der Waals surface area contributed by atoms with Crippen LogP contribution >= 0.6 is 0 Å². The van der Waals surface area contributed by atoms with E-state index in [-0.39, 0.29) is 31.5 Å². The Hall–Kier alpha value is -3.49. The largest absolute Gasteiger partial charge is 0.445 e. The van der Waals surface area contributed by atoms with E-state index >= 15 is 0 Å². The number of β-amino-alcohol motifs (C(OH)–C–C–N with tert-alkyl or cyclic N) is 1. The molecular formula is C24H24N2O6. The predicted molar refractivity (Wildman–Crippen MR) is 118 cm³/mol. The van der Waals surface area contributed by atoms with E-state index in [1.54, 1.807) is 17.0 Å². The highest BCUT2D eigenvalue weighted by atomic mass is 16.6. The lowest BCUT2D eigenvalue weighted by molar-refractivity contribution is -0.384. The third-order valence-corrected chi connectivity index (χ3v) is 5.87. The second-order valence-corrected chi connectivity index (χ2v) is 7.97. The average molecular weight is 436 g/mol. The third kappa shape index (κ3) is 4.56. The summed E-state index contributed by atoms with van der Waals surface area (Å²) in [5, 5.41) is 32.6. The lowest BCUT2D eigenvalue weighted by atomic mass is 9.95. The van der Waals surface area contributed by atoms with E-state index in [0.717, 1.165) is 21.9 Å². The van der Waals surface area contributed by atoms with Gasteiger partial charge in [-0.25, -0.2) is 4.79 Å². The van der Waals surface area contributed by atoms with Crippen molar-refractivity contribution in [1.29, 1.82) is 0 Å². The van der Waals surface area contributed by atoms with Crippen LogP contribution in [0.3, 0.4) is 0 Å². The number of ether oxygens (including phenoxy) is 1. The van der Waals surface area contributed by atoms with Gasteiger partial charge in [-0.15, -0.1) is 0 Å². The zero-order valence-corrected chi connectivity index (χ0v) is 17.4. The number of benzene rings is 3. The van der Waals surface area contributed by atoms with Crippen LogP contribution in [0, 0.1) is 10.1 Å². The van der Waals surface area contributed by atoms with Gasteiger partial charge in [-0.05, 0) is 52.4 Å². The zero-order valence-electron chi connectivity index (χ0n) is 17.4. The minimum Gasteiger partial charge on any atom is -0.445 e. The average Bonchev–Trinajstić information content (AvgIpc) is 3.18. The molecule has 1 saturated heterocycles. The molecule has 4 rings (SSSR count). The molecule has 166 valence electrons. The number of hydrogen-bond acceptors (Lipinski definition) is 6. The Bertz CT molecular complexity index is 1130. The molecule has 32 heavy (non-hydrogen) atoms. The Morgan fingerprint density at radius 3 is 2.38 bits per heavy atom. The second kappa shape index (κ2) is 9.33. The molecule has 2 N–H and O–H groups in total. The number of nitro groups is 1. The maximum absolute atomic E-state index is 12.8. The summed E-state index contributed by atoms with van der Waals surface area (Å²) in [7, 11) is 0. The van der Waals surface area contributed by atoms with Crippen LogP contribution in [0.1, 0.15) is 23.1 Å². The van der Waals surface area contributed by atoms with Crippen molar-refractivity contribution in [3.05, 3.63) is 87.5 Å². The monoisotopic (exact) mass is 436 g/mol. The standard InChI is InChI=1S/C24H24N2O6/c27-14-18-8-7-17(22-3-1-2-4-23(18)22)11-20-12-21(28)13-25(20)24(29)32-15-16-5-9-19(10-6-16)26(30)31/h1-10,20-21,27-28H,11-15H2/t20-,21-/m1/s1. The lowest BCUT2D eigenvalue weighted by Crippen LogP contribution is -2.37. The van der Waals surface area contributed by atoms with Gasteiger partial charge in [0.25, 0.3) is 5.69 Å². The Morgan fingerprint density at radius 2 is 1.72 bits per heavy atom. The van der Waals surface area contributed by atoms with E-state index in [9.17, 15) is 25.1 Å². The van der Waals surface area contributed by atoms with Gasteiger partial charge in [-0.2, -0.15) is 0 Å². The first-order valence-corrected chi connectivity index (χ1v) is 10.4. The fourth-order valence-electron chi connectivity index (χ4n) is 4.24. The van der Waals surface area contributed by atoms with Gasteiger partial charge in [-0.1, -0.05) is 36.4 Å². The molecule has 2 atom stereocenters. The molecule has 1 aliphatic rings. The Morgan fingerprint density at radius 1 is 1.06 bits per heavy atom. The number of fused-ring (bicyclic) bond motifs is 1. The summed E-state index contributed by atoms with van der Waals surface area (Å²) >= 11 is 0. The van der Waals surface area contributed by atoms with E-state index in [1.807, 2.05) is 36.4 Å². The number of nitrogens with zero attached hydrogens (tertiary/aromatic N) is 2. The topological polar surface area (TPSA) is 113 Å². The molecule has 1 aliphatic heterocycles. The number of aliphatic hydroxyl groups is 2. The molecule has 0 bridgehead atoms.